The minimum absolute atomic E-state index is 1.02. The highest BCUT2D eigenvalue weighted by atomic mass is 14.6. The van der Waals surface area contributed by atoms with Crippen LogP contribution in [-0.2, 0) is 0 Å². The number of hydrogen-bond acceptors (Lipinski definition) is 1. The largest absolute Gasteiger partial charge is 0.261 e. The first-order valence-electron chi connectivity index (χ1n) is 4.01. The molecule has 0 unspecified atom stereocenters. The molecule has 62 valence electrons. The maximum atomic E-state index is 4.25. The lowest BCUT2D eigenvalue weighted by atomic mass is 10.3. The SMILES string of the molecule is Cc1ccccccc(C)nc1. The van der Waals surface area contributed by atoms with Crippen LogP contribution in [0.2, 0.25) is 0 Å². The first-order chi connectivity index (χ1) is 5.79. The Kier molecular flexibility index (Phi) is 3.27. The van der Waals surface area contributed by atoms with Gasteiger partial charge in [-0.15, -0.1) is 0 Å². The van der Waals surface area contributed by atoms with E-state index < -0.39 is 0 Å². The Labute approximate surface area is 73.4 Å². The molecular weight excluding hydrogens is 146 g/mol. The summed E-state index contributed by atoms with van der Waals surface area (Å²) in [5.74, 6) is 0. The van der Waals surface area contributed by atoms with Gasteiger partial charge in [-0.05, 0) is 25.5 Å². The third kappa shape index (κ3) is 3.15. The van der Waals surface area contributed by atoms with Crippen molar-refractivity contribution in [2.75, 3.05) is 0 Å². The topological polar surface area (TPSA) is 12.9 Å². The Hall–Kier alpha value is -1.37. The highest BCUT2D eigenvalue weighted by Crippen LogP contribution is 1.90. The standard InChI is InChI=1S/C11H13N/c1-10-7-5-3-4-6-8-11(2)12-9-10/h3-9H,1-2H3. The van der Waals surface area contributed by atoms with Gasteiger partial charge in [0.25, 0.3) is 0 Å². The average molecular weight is 159 g/mol. The molecule has 0 amide bonds. The third-order valence-electron chi connectivity index (χ3n) is 1.50. The lowest BCUT2D eigenvalue weighted by Gasteiger charge is -1.84. The van der Waals surface area contributed by atoms with Crippen molar-refractivity contribution < 1.29 is 0 Å². The Balaban J connectivity index is 3.21. The molecule has 1 heterocycles. The Morgan fingerprint density at radius 1 is 0.917 bits per heavy atom. The molecule has 0 bridgehead atoms. The van der Waals surface area contributed by atoms with Gasteiger partial charge in [-0.25, -0.2) is 0 Å². The quantitative estimate of drug-likeness (QED) is 0.567. The zero-order chi connectivity index (χ0) is 8.81. The number of aryl methyl sites for hydroxylation is 2. The van der Waals surface area contributed by atoms with E-state index in [1.165, 1.54) is 0 Å². The summed E-state index contributed by atoms with van der Waals surface area (Å²) in [6.45, 7) is 4.02. The number of rotatable bonds is 0. The number of hydrogen-bond donors (Lipinski definition) is 0. The summed E-state index contributed by atoms with van der Waals surface area (Å²) in [7, 11) is 0. The van der Waals surface area contributed by atoms with Crippen LogP contribution < -0.4 is 0 Å². The van der Waals surface area contributed by atoms with Crippen molar-refractivity contribution in [3.63, 3.8) is 0 Å². The van der Waals surface area contributed by atoms with E-state index in [0.717, 1.165) is 11.3 Å². The van der Waals surface area contributed by atoms with Gasteiger partial charge in [0.2, 0.25) is 0 Å². The van der Waals surface area contributed by atoms with Crippen LogP contribution in [0.5, 0.6) is 0 Å². The summed E-state index contributed by atoms with van der Waals surface area (Å²) in [5.41, 5.74) is 2.18. The summed E-state index contributed by atoms with van der Waals surface area (Å²) < 4.78 is 0. The predicted molar refractivity (Wildman–Crippen MR) is 51.3 cm³/mol. The zero-order valence-electron chi connectivity index (χ0n) is 7.49. The molecule has 0 spiro atoms. The fraction of sp³-hybridized carbons (Fsp3) is 0.182. The monoisotopic (exact) mass is 159 g/mol. The molecule has 1 heteroatoms. The second-order valence-electron chi connectivity index (χ2n) is 2.75. The Morgan fingerprint density at radius 2 is 1.58 bits per heavy atom. The van der Waals surface area contributed by atoms with Crippen LogP contribution in [0.3, 0.4) is 0 Å². The van der Waals surface area contributed by atoms with E-state index >= 15 is 0 Å². The third-order valence-corrected chi connectivity index (χ3v) is 1.50. The van der Waals surface area contributed by atoms with Crippen LogP contribution in [0.15, 0.2) is 42.6 Å². The van der Waals surface area contributed by atoms with Crippen molar-refractivity contribution in [1.82, 2.24) is 4.98 Å². The second-order valence-corrected chi connectivity index (χ2v) is 2.75. The zero-order valence-corrected chi connectivity index (χ0v) is 7.49. The maximum Gasteiger partial charge on any atom is 0.0372 e. The van der Waals surface area contributed by atoms with Crippen LogP contribution in [0, 0.1) is 13.8 Å². The van der Waals surface area contributed by atoms with E-state index in [0.29, 0.717) is 0 Å². The normalized spacial score (nSPS) is 8.83. The van der Waals surface area contributed by atoms with E-state index in [9.17, 15) is 0 Å². The lowest BCUT2D eigenvalue weighted by molar-refractivity contribution is 1.20. The maximum absolute atomic E-state index is 4.25. The van der Waals surface area contributed by atoms with E-state index in [2.05, 4.69) is 4.98 Å². The van der Waals surface area contributed by atoms with E-state index in [1.54, 1.807) is 0 Å². The Morgan fingerprint density at radius 3 is 2.33 bits per heavy atom. The van der Waals surface area contributed by atoms with Crippen LogP contribution in [0.1, 0.15) is 11.3 Å². The summed E-state index contributed by atoms with van der Waals surface area (Å²) in [6.07, 6.45) is 1.87. The molecule has 0 aliphatic heterocycles. The fourth-order valence-corrected chi connectivity index (χ4v) is 0.820. The highest BCUT2D eigenvalue weighted by Gasteiger charge is 1.76. The molecule has 1 aromatic rings. The van der Waals surface area contributed by atoms with E-state index in [4.69, 9.17) is 0 Å². The van der Waals surface area contributed by atoms with Gasteiger partial charge in [-0.3, -0.25) is 4.98 Å². The molecule has 0 fully saturated rings. The van der Waals surface area contributed by atoms with Gasteiger partial charge in [0.05, 0.1) is 0 Å². The van der Waals surface area contributed by atoms with Gasteiger partial charge in [-0.2, -0.15) is 0 Å². The summed E-state index contributed by atoms with van der Waals surface area (Å²) in [6, 6.07) is 12.0. The van der Waals surface area contributed by atoms with E-state index in [1.807, 2.05) is 56.4 Å². The molecule has 0 atom stereocenters. The van der Waals surface area contributed by atoms with Crippen molar-refractivity contribution >= 4 is 0 Å². The summed E-state index contributed by atoms with van der Waals surface area (Å²) >= 11 is 0. The molecule has 1 aromatic heterocycles. The number of aromatic nitrogens is 1. The molecule has 12 heavy (non-hydrogen) atoms. The summed E-state index contributed by atoms with van der Waals surface area (Å²) in [5, 5.41) is 0. The van der Waals surface area contributed by atoms with Gasteiger partial charge in [0.1, 0.15) is 0 Å². The van der Waals surface area contributed by atoms with Gasteiger partial charge in [0, 0.05) is 11.9 Å². The first kappa shape index (κ1) is 8.72. The van der Waals surface area contributed by atoms with Crippen molar-refractivity contribution in [2.45, 2.75) is 13.8 Å². The smallest absolute Gasteiger partial charge is 0.0372 e. The van der Waals surface area contributed by atoms with Gasteiger partial charge < -0.3 is 0 Å². The Bertz CT molecular complexity index is 272. The van der Waals surface area contributed by atoms with Crippen molar-refractivity contribution in [1.29, 1.82) is 0 Å². The molecule has 0 radical (unpaired) electrons. The molecule has 0 saturated carbocycles. The lowest BCUT2D eigenvalue weighted by Crippen LogP contribution is -1.73. The summed E-state index contributed by atoms with van der Waals surface area (Å²) in [4.78, 5) is 4.25. The van der Waals surface area contributed by atoms with Gasteiger partial charge >= 0.3 is 0 Å². The van der Waals surface area contributed by atoms with Crippen LogP contribution in [0.25, 0.3) is 0 Å². The van der Waals surface area contributed by atoms with Gasteiger partial charge in [-0.1, -0.05) is 30.3 Å². The predicted octanol–water partition coefficient (Wildman–Crippen LogP) is 2.82. The minimum Gasteiger partial charge on any atom is -0.261 e. The van der Waals surface area contributed by atoms with Crippen molar-refractivity contribution in [2.24, 2.45) is 0 Å². The van der Waals surface area contributed by atoms with Gasteiger partial charge in [0.15, 0.2) is 0 Å². The van der Waals surface area contributed by atoms with E-state index in [-0.39, 0.29) is 0 Å². The van der Waals surface area contributed by atoms with Crippen LogP contribution in [0.4, 0.5) is 0 Å². The fourth-order valence-electron chi connectivity index (χ4n) is 0.820. The van der Waals surface area contributed by atoms with Crippen molar-refractivity contribution in [3.05, 3.63) is 53.9 Å². The minimum atomic E-state index is 1.02. The molecule has 0 saturated heterocycles. The molecule has 0 aliphatic rings. The van der Waals surface area contributed by atoms with Crippen LogP contribution in [-0.4, -0.2) is 4.98 Å². The number of nitrogens with zero attached hydrogens (tertiary/aromatic N) is 1. The molecule has 0 aliphatic carbocycles. The second kappa shape index (κ2) is 4.50. The molecule has 0 N–H and O–H groups in total. The highest BCUT2D eigenvalue weighted by molar-refractivity contribution is 5.07. The van der Waals surface area contributed by atoms with Crippen molar-refractivity contribution in [3.8, 4) is 0 Å². The average Bonchev–Trinajstić information content (AvgIpc) is 2.07. The molecule has 0 aromatic carbocycles. The molecule has 1 rings (SSSR count). The molecule has 1 nitrogen and oxygen atoms in total. The molecular formula is C11H13N. The van der Waals surface area contributed by atoms with Crippen LogP contribution >= 0.6 is 0 Å². The first-order valence-corrected chi connectivity index (χ1v) is 4.01.